The van der Waals surface area contributed by atoms with Crippen LogP contribution in [0.5, 0.6) is 5.75 Å². The number of hydrogen-bond acceptors (Lipinski definition) is 4. The highest BCUT2D eigenvalue weighted by molar-refractivity contribution is 7.89. The molecule has 174 valence electrons. The Morgan fingerprint density at radius 2 is 1.81 bits per heavy atom. The van der Waals surface area contributed by atoms with E-state index in [1.807, 2.05) is 0 Å². The van der Waals surface area contributed by atoms with Gasteiger partial charge in [-0.3, -0.25) is 4.79 Å². The molecule has 1 aliphatic carbocycles. The topological polar surface area (TPSA) is 75.7 Å². The predicted octanol–water partition coefficient (Wildman–Crippen LogP) is 4.57. The lowest BCUT2D eigenvalue weighted by molar-refractivity contribution is -0.197. The van der Waals surface area contributed by atoms with Crippen LogP contribution in [-0.2, 0) is 14.8 Å². The molecule has 1 saturated carbocycles. The van der Waals surface area contributed by atoms with Crippen molar-refractivity contribution in [2.75, 3.05) is 25.0 Å². The maximum absolute atomic E-state index is 13.4. The number of carbonyl (C=O) groups excluding carboxylic acids is 1. The first-order valence-corrected chi connectivity index (χ1v) is 12.2. The summed E-state index contributed by atoms with van der Waals surface area (Å²) in [5.74, 6) is -3.42. The second-order valence-corrected chi connectivity index (χ2v) is 9.99. The normalized spacial score (nSPS) is 23.4. The monoisotopic (exact) mass is 462 g/mol. The molecule has 2 atom stereocenters. The van der Waals surface area contributed by atoms with Crippen LogP contribution in [0.25, 0.3) is 0 Å². The van der Waals surface area contributed by atoms with E-state index in [2.05, 4.69) is 5.32 Å². The molecule has 0 spiro atoms. The van der Waals surface area contributed by atoms with Gasteiger partial charge in [0.25, 0.3) is 0 Å². The summed E-state index contributed by atoms with van der Waals surface area (Å²) in [4.78, 5) is 12.6. The summed E-state index contributed by atoms with van der Waals surface area (Å²) in [7, 11) is -3.86. The quantitative estimate of drug-likeness (QED) is 0.672. The Hall–Kier alpha value is -1.81. The van der Waals surface area contributed by atoms with Crippen LogP contribution in [0.3, 0.4) is 0 Å². The fraction of sp³-hybridized carbons (Fsp3) is 0.667. The van der Waals surface area contributed by atoms with Crippen molar-refractivity contribution in [3.8, 4) is 5.75 Å². The van der Waals surface area contributed by atoms with E-state index < -0.39 is 33.9 Å². The molecule has 31 heavy (non-hydrogen) atoms. The van der Waals surface area contributed by atoms with Crippen LogP contribution < -0.4 is 10.1 Å². The fourth-order valence-electron chi connectivity index (χ4n) is 4.38. The van der Waals surface area contributed by atoms with E-state index in [0.717, 1.165) is 19.3 Å². The molecule has 10 heteroatoms. The van der Waals surface area contributed by atoms with Crippen molar-refractivity contribution in [3.05, 3.63) is 18.2 Å². The Morgan fingerprint density at radius 3 is 2.45 bits per heavy atom. The first kappa shape index (κ1) is 23.8. The maximum atomic E-state index is 13.4. The minimum Gasteiger partial charge on any atom is -0.492 e. The highest BCUT2D eigenvalue weighted by Crippen LogP contribution is 2.42. The maximum Gasteiger partial charge on any atom is 0.392 e. The van der Waals surface area contributed by atoms with E-state index in [9.17, 15) is 26.4 Å². The van der Waals surface area contributed by atoms with Gasteiger partial charge in [-0.1, -0.05) is 19.3 Å². The molecule has 1 aliphatic heterocycles. The first-order valence-electron chi connectivity index (χ1n) is 10.8. The van der Waals surface area contributed by atoms with Gasteiger partial charge in [0.05, 0.1) is 12.5 Å². The Kier molecular flexibility index (Phi) is 7.51. The van der Waals surface area contributed by atoms with Gasteiger partial charge in [0, 0.05) is 24.7 Å². The van der Waals surface area contributed by atoms with E-state index in [0.29, 0.717) is 25.9 Å². The zero-order valence-electron chi connectivity index (χ0n) is 17.6. The minimum atomic E-state index is -4.44. The lowest BCUT2D eigenvalue weighted by atomic mass is 9.78. The Labute approximate surface area is 181 Å². The summed E-state index contributed by atoms with van der Waals surface area (Å²) in [5, 5.41) is 2.52. The second kappa shape index (κ2) is 9.77. The van der Waals surface area contributed by atoms with E-state index >= 15 is 0 Å². The number of nitrogens with one attached hydrogen (secondary N) is 1. The minimum absolute atomic E-state index is 0.0700. The third kappa shape index (κ3) is 5.52. The molecule has 0 aromatic heterocycles. The number of carbonyl (C=O) groups is 1. The van der Waals surface area contributed by atoms with Gasteiger partial charge in [0.2, 0.25) is 15.9 Å². The third-order valence-corrected chi connectivity index (χ3v) is 7.89. The Morgan fingerprint density at radius 1 is 1.13 bits per heavy atom. The van der Waals surface area contributed by atoms with Crippen molar-refractivity contribution in [2.24, 2.45) is 11.8 Å². The summed E-state index contributed by atoms with van der Waals surface area (Å²) < 4.78 is 73.4. The largest absolute Gasteiger partial charge is 0.492 e. The third-order valence-electron chi connectivity index (χ3n) is 5.97. The highest BCUT2D eigenvalue weighted by atomic mass is 32.2. The van der Waals surface area contributed by atoms with Gasteiger partial charge in [-0.25, -0.2) is 8.42 Å². The van der Waals surface area contributed by atoms with Crippen molar-refractivity contribution >= 4 is 21.6 Å². The fourth-order valence-corrected chi connectivity index (χ4v) is 6.05. The molecule has 1 aromatic rings. The van der Waals surface area contributed by atoms with Crippen LogP contribution in [0.1, 0.15) is 51.9 Å². The lowest BCUT2D eigenvalue weighted by Crippen LogP contribution is -2.39. The SMILES string of the molecule is CCOc1ccc(NC(=O)C2CCCCC2C(F)(F)F)cc1S(=O)(=O)N1CCCCC1. The number of nitrogens with zero attached hydrogens (tertiary/aromatic N) is 1. The second-order valence-electron chi connectivity index (χ2n) is 8.09. The highest BCUT2D eigenvalue weighted by Gasteiger charge is 2.48. The standard InChI is InChI=1S/C21H29F3N2O4S/c1-2-30-18-11-10-15(14-19(18)31(28,29)26-12-6-3-7-13-26)25-20(27)16-8-4-5-9-17(16)21(22,23)24/h10-11,14,16-17H,2-9,12-13H2,1H3,(H,25,27). The number of ether oxygens (including phenoxy) is 1. The summed E-state index contributed by atoms with van der Waals surface area (Å²) in [6.07, 6.45) is -0.865. The summed E-state index contributed by atoms with van der Waals surface area (Å²) in [6, 6.07) is 4.19. The number of sulfonamides is 1. The first-order chi connectivity index (χ1) is 14.6. The van der Waals surface area contributed by atoms with Gasteiger partial charge in [-0.05, 0) is 50.8 Å². The van der Waals surface area contributed by atoms with Gasteiger partial charge in [0.1, 0.15) is 10.6 Å². The Bertz CT molecular complexity index is 883. The van der Waals surface area contributed by atoms with Crippen LogP contribution in [0.2, 0.25) is 0 Å². The Balaban J connectivity index is 1.87. The number of anilines is 1. The molecule has 2 fully saturated rings. The van der Waals surface area contributed by atoms with Gasteiger partial charge >= 0.3 is 6.18 Å². The number of hydrogen-bond donors (Lipinski definition) is 1. The molecule has 1 amide bonds. The van der Waals surface area contributed by atoms with Crippen LogP contribution in [0.15, 0.2) is 23.1 Å². The molecule has 6 nitrogen and oxygen atoms in total. The van der Waals surface area contributed by atoms with Gasteiger partial charge in [-0.15, -0.1) is 0 Å². The van der Waals surface area contributed by atoms with Gasteiger partial charge in [0.15, 0.2) is 0 Å². The molecule has 1 heterocycles. The molecular formula is C21H29F3N2O4S. The number of rotatable bonds is 6. The molecule has 1 N–H and O–H groups in total. The van der Waals surface area contributed by atoms with Crippen molar-refractivity contribution in [3.63, 3.8) is 0 Å². The number of amides is 1. The van der Waals surface area contributed by atoms with E-state index in [1.54, 1.807) is 6.92 Å². The average molecular weight is 463 g/mol. The number of halogens is 3. The van der Waals surface area contributed by atoms with Crippen LogP contribution in [0.4, 0.5) is 18.9 Å². The summed E-state index contributed by atoms with van der Waals surface area (Å²) in [5.41, 5.74) is 0.149. The molecule has 3 rings (SSSR count). The molecule has 1 saturated heterocycles. The average Bonchev–Trinajstić information content (AvgIpc) is 2.75. The van der Waals surface area contributed by atoms with Crippen molar-refractivity contribution < 1.29 is 31.1 Å². The van der Waals surface area contributed by atoms with E-state index in [-0.39, 0.29) is 35.8 Å². The van der Waals surface area contributed by atoms with Crippen molar-refractivity contribution in [1.82, 2.24) is 4.31 Å². The zero-order chi connectivity index (χ0) is 22.6. The predicted molar refractivity (Wildman–Crippen MR) is 110 cm³/mol. The van der Waals surface area contributed by atoms with Crippen LogP contribution >= 0.6 is 0 Å². The summed E-state index contributed by atoms with van der Waals surface area (Å²) >= 11 is 0. The zero-order valence-corrected chi connectivity index (χ0v) is 18.4. The number of benzene rings is 1. The van der Waals surface area contributed by atoms with Crippen molar-refractivity contribution in [1.29, 1.82) is 0 Å². The molecule has 0 radical (unpaired) electrons. The molecule has 2 unspecified atom stereocenters. The number of alkyl halides is 3. The number of piperidine rings is 1. The van der Waals surface area contributed by atoms with Gasteiger partial charge in [-0.2, -0.15) is 17.5 Å². The smallest absolute Gasteiger partial charge is 0.392 e. The summed E-state index contributed by atoms with van der Waals surface area (Å²) in [6.45, 7) is 2.79. The van der Waals surface area contributed by atoms with Crippen molar-refractivity contribution in [2.45, 2.75) is 62.9 Å². The molecule has 0 bridgehead atoms. The van der Waals surface area contributed by atoms with Gasteiger partial charge < -0.3 is 10.1 Å². The van der Waals surface area contributed by atoms with E-state index in [4.69, 9.17) is 4.74 Å². The van der Waals surface area contributed by atoms with E-state index in [1.165, 1.54) is 22.5 Å². The van der Waals surface area contributed by atoms with Crippen LogP contribution in [0, 0.1) is 11.8 Å². The molecule has 2 aliphatic rings. The molecule has 1 aromatic carbocycles. The molecular weight excluding hydrogens is 433 g/mol. The lowest BCUT2D eigenvalue weighted by Gasteiger charge is -2.32. The van der Waals surface area contributed by atoms with Crippen LogP contribution in [-0.4, -0.2) is 44.5 Å².